The molecule has 2 aromatic rings. The molecule has 4 heteroatoms. The molecule has 0 saturated carbocycles. The number of Topliss-reactive ketones (excluding diaryl/α,β-unsaturated/α-hetero) is 1. The first-order valence-electron chi connectivity index (χ1n) is 7.03. The van der Waals surface area contributed by atoms with E-state index in [0.717, 1.165) is 30.9 Å². The summed E-state index contributed by atoms with van der Waals surface area (Å²) in [6.45, 7) is 4.82. The number of fused-ring (bicyclic) bond motifs is 1. The van der Waals surface area contributed by atoms with Gasteiger partial charge in [-0.25, -0.2) is 4.98 Å². The third-order valence-electron chi connectivity index (χ3n) is 3.52. The van der Waals surface area contributed by atoms with Gasteiger partial charge in [0.25, 0.3) is 0 Å². The minimum atomic E-state index is 0.00720. The van der Waals surface area contributed by atoms with Crippen LogP contribution in [0.25, 0.3) is 0 Å². The third kappa shape index (κ3) is 2.36. The van der Waals surface area contributed by atoms with E-state index >= 15 is 0 Å². The van der Waals surface area contributed by atoms with Crippen LogP contribution >= 0.6 is 11.3 Å². The predicted molar refractivity (Wildman–Crippen MR) is 83.1 cm³/mol. The number of aromatic nitrogens is 1. The van der Waals surface area contributed by atoms with Crippen LogP contribution in [0.5, 0.6) is 0 Å². The van der Waals surface area contributed by atoms with Gasteiger partial charge in [0, 0.05) is 23.0 Å². The van der Waals surface area contributed by atoms with Crippen LogP contribution in [0.2, 0.25) is 0 Å². The molecule has 3 rings (SSSR count). The van der Waals surface area contributed by atoms with Gasteiger partial charge in [0.15, 0.2) is 10.8 Å². The molecule has 0 atom stereocenters. The fourth-order valence-electron chi connectivity index (χ4n) is 2.43. The van der Waals surface area contributed by atoms with E-state index in [-0.39, 0.29) is 11.7 Å². The summed E-state index contributed by atoms with van der Waals surface area (Å²) in [6.07, 6.45) is 2.14. The molecule has 1 aromatic heterocycles. The molecule has 1 aliphatic rings. The summed E-state index contributed by atoms with van der Waals surface area (Å²) in [7, 11) is 0. The van der Waals surface area contributed by atoms with Crippen LogP contribution in [0.3, 0.4) is 0 Å². The fraction of sp³-hybridized carbons (Fsp3) is 0.375. The number of rotatable bonds is 3. The third-order valence-corrected chi connectivity index (χ3v) is 4.64. The Labute approximate surface area is 123 Å². The normalized spacial score (nSPS) is 14.4. The number of hydrogen-bond acceptors (Lipinski definition) is 4. The van der Waals surface area contributed by atoms with Crippen LogP contribution in [0.4, 0.5) is 11.5 Å². The fourth-order valence-corrected chi connectivity index (χ4v) is 3.63. The summed E-state index contributed by atoms with van der Waals surface area (Å²) >= 11 is 1.57. The van der Waals surface area contributed by atoms with Gasteiger partial charge in [0.05, 0.1) is 0 Å². The molecule has 0 radical (unpaired) electrons. The minimum Gasteiger partial charge on any atom is -0.325 e. The molecule has 2 heterocycles. The van der Waals surface area contributed by atoms with Crippen molar-refractivity contribution in [1.29, 1.82) is 0 Å². The number of carbonyl (C=O) groups is 1. The highest BCUT2D eigenvalue weighted by atomic mass is 32.1. The van der Waals surface area contributed by atoms with Crippen molar-refractivity contribution in [1.82, 2.24) is 4.98 Å². The van der Waals surface area contributed by atoms with Crippen molar-refractivity contribution in [3.63, 3.8) is 0 Å². The predicted octanol–water partition coefficient (Wildman–Crippen LogP) is 4.07. The summed E-state index contributed by atoms with van der Waals surface area (Å²) in [4.78, 5) is 20.2. The van der Waals surface area contributed by atoms with Crippen LogP contribution in [-0.2, 0) is 6.42 Å². The molecule has 0 unspecified atom stereocenters. The number of thiazole rings is 1. The maximum atomic E-state index is 12.1. The molecule has 0 amide bonds. The lowest BCUT2D eigenvalue weighted by Gasteiger charge is -2.27. The lowest BCUT2D eigenvalue weighted by molar-refractivity contribution is 0.0939. The Morgan fingerprint density at radius 3 is 2.75 bits per heavy atom. The van der Waals surface area contributed by atoms with Gasteiger partial charge in [-0.2, -0.15) is 0 Å². The first-order chi connectivity index (χ1) is 9.66. The highest BCUT2D eigenvalue weighted by molar-refractivity contribution is 7.14. The molecular weight excluding hydrogens is 268 g/mol. The molecule has 0 saturated heterocycles. The van der Waals surface area contributed by atoms with E-state index < -0.39 is 0 Å². The van der Waals surface area contributed by atoms with Gasteiger partial charge in [-0.15, -0.1) is 11.3 Å². The molecule has 20 heavy (non-hydrogen) atoms. The standard InChI is InChI=1S/C16H18N2OS/c1-11(2)14(19)16-17-15-13(20-16)9-6-10-18(15)12-7-4-3-5-8-12/h3-5,7-8,11H,6,9-10H2,1-2H3. The van der Waals surface area contributed by atoms with Gasteiger partial charge in [0.2, 0.25) is 0 Å². The number of nitrogens with zero attached hydrogens (tertiary/aromatic N) is 2. The van der Waals surface area contributed by atoms with Crippen LogP contribution in [0.15, 0.2) is 30.3 Å². The molecule has 0 N–H and O–H groups in total. The van der Waals surface area contributed by atoms with E-state index in [1.54, 1.807) is 11.3 Å². The Bertz CT molecular complexity index is 619. The lowest BCUT2D eigenvalue weighted by Crippen LogP contribution is -2.24. The molecule has 0 fully saturated rings. The Kier molecular flexibility index (Phi) is 3.57. The minimum absolute atomic E-state index is 0.00720. The Balaban J connectivity index is 1.99. The number of ketones is 1. The van der Waals surface area contributed by atoms with Crippen LogP contribution in [-0.4, -0.2) is 17.3 Å². The van der Waals surface area contributed by atoms with Gasteiger partial charge in [0.1, 0.15) is 5.82 Å². The number of benzene rings is 1. The van der Waals surface area contributed by atoms with Gasteiger partial charge in [-0.1, -0.05) is 32.0 Å². The molecule has 3 nitrogen and oxygen atoms in total. The van der Waals surface area contributed by atoms with E-state index in [0.29, 0.717) is 5.01 Å². The van der Waals surface area contributed by atoms with Crippen molar-refractivity contribution >= 4 is 28.6 Å². The SMILES string of the molecule is CC(C)C(=O)c1nc2c(s1)CCCN2c1ccccc1. The van der Waals surface area contributed by atoms with Crippen molar-refractivity contribution in [2.24, 2.45) is 5.92 Å². The van der Waals surface area contributed by atoms with Gasteiger partial charge >= 0.3 is 0 Å². The number of carbonyl (C=O) groups excluding carboxylic acids is 1. The van der Waals surface area contributed by atoms with Crippen LogP contribution < -0.4 is 4.90 Å². The van der Waals surface area contributed by atoms with E-state index in [9.17, 15) is 4.79 Å². The highest BCUT2D eigenvalue weighted by Gasteiger charge is 2.25. The molecule has 0 bridgehead atoms. The smallest absolute Gasteiger partial charge is 0.193 e. The molecule has 104 valence electrons. The summed E-state index contributed by atoms with van der Waals surface area (Å²) in [6, 6.07) is 10.3. The van der Waals surface area contributed by atoms with Crippen LogP contribution in [0.1, 0.15) is 34.9 Å². The van der Waals surface area contributed by atoms with E-state index in [1.807, 2.05) is 32.0 Å². The summed E-state index contributed by atoms with van der Waals surface area (Å²) in [5.41, 5.74) is 1.15. The summed E-state index contributed by atoms with van der Waals surface area (Å²) < 4.78 is 0. The average Bonchev–Trinajstić information content (AvgIpc) is 2.91. The Morgan fingerprint density at radius 1 is 1.30 bits per heavy atom. The molecule has 1 aliphatic heterocycles. The second-order valence-corrected chi connectivity index (χ2v) is 6.46. The first kappa shape index (κ1) is 13.3. The molecule has 0 spiro atoms. The number of para-hydroxylation sites is 1. The van der Waals surface area contributed by atoms with E-state index in [1.165, 1.54) is 4.88 Å². The first-order valence-corrected chi connectivity index (χ1v) is 7.85. The monoisotopic (exact) mass is 286 g/mol. The van der Waals surface area contributed by atoms with Gasteiger partial charge in [-0.3, -0.25) is 4.79 Å². The quantitative estimate of drug-likeness (QED) is 0.798. The molecule has 1 aromatic carbocycles. The van der Waals surface area contributed by atoms with Crippen molar-refractivity contribution < 1.29 is 4.79 Å². The topological polar surface area (TPSA) is 33.2 Å². The maximum Gasteiger partial charge on any atom is 0.193 e. The maximum absolute atomic E-state index is 12.1. The van der Waals surface area contributed by atoms with Crippen LogP contribution in [0, 0.1) is 5.92 Å². The zero-order valence-corrected chi connectivity index (χ0v) is 12.6. The Morgan fingerprint density at radius 2 is 2.05 bits per heavy atom. The Hall–Kier alpha value is -1.68. The number of hydrogen-bond donors (Lipinski definition) is 0. The van der Waals surface area contributed by atoms with Crippen molar-refractivity contribution in [2.45, 2.75) is 26.7 Å². The van der Waals surface area contributed by atoms with Crippen molar-refractivity contribution in [3.8, 4) is 0 Å². The second kappa shape index (κ2) is 5.37. The van der Waals surface area contributed by atoms with Gasteiger partial charge in [-0.05, 0) is 25.0 Å². The van der Waals surface area contributed by atoms with E-state index in [4.69, 9.17) is 0 Å². The zero-order chi connectivity index (χ0) is 14.1. The number of anilines is 2. The summed E-state index contributed by atoms with van der Waals surface area (Å²) in [5.74, 6) is 1.14. The van der Waals surface area contributed by atoms with Crippen molar-refractivity contribution in [2.75, 3.05) is 11.4 Å². The zero-order valence-electron chi connectivity index (χ0n) is 11.8. The second-order valence-electron chi connectivity index (χ2n) is 5.38. The van der Waals surface area contributed by atoms with E-state index in [2.05, 4.69) is 22.0 Å². The lowest BCUT2D eigenvalue weighted by atomic mass is 10.1. The largest absolute Gasteiger partial charge is 0.325 e. The summed E-state index contributed by atoms with van der Waals surface area (Å²) in [5, 5.41) is 0.660. The number of aryl methyl sites for hydroxylation is 1. The molecular formula is C16H18N2OS. The van der Waals surface area contributed by atoms with Crippen molar-refractivity contribution in [3.05, 3.63) is 40.2 Å². The van der Waals surface area contributed by atoms with Gasteiger partial charge < -0.3 is 4.90 Å². The highest BCUT2D eigenvalue weighted by Crippen LogP contribution is 2.36. The average molecular weight is 286 g/mol. The molecule has 0 aliphatic carbocycles.